The van der Waals surface area contributed by atoms with Gasteiger partial charge in [0.15, 0.2) is 5.78 Å². The van der Waals surface area contributed by atoms with Gasteiger partial charge in [-0.05, 0) is 93.1 Å². The van der Waals surface area contributed by atoms with Crippen LogP contribution in [-0.4, -0.2) is 57.7 Å². The predicted octanol–water partition coefficient (Wildman–Crippen LogP) is 4.12. The number of carbonyl (C=O) groups is 3. The molecule has 1 heterocycles. The Morgan fingerprint density at radius 1 is 1.24 bits per heavy atom. The van der Waals surface area contributed by atoms with E-state index in [-0.39, 0.29) is 41.7 Å². The maximum atomic E-state index is 13.3. The highest BCUT2D eigenvalue weighted by Gasteiger charge is 2.71. The molecular formula is C30H41ClO7. The molecule has 0 aromatic rings. The van der Waals surface area contributed by atoms with E-state index in [2.05, 4.69) is 13.8 Å². The minimum absolute atomic E-state index is 0.00276. The molecule has 5 rings (SSSR count). The normalized spacial score (nSPS) is 47.1. The molecule has 0 amide bonds. The fraction of sp³-hybridized carbons (Fsp3) is 0.767. The van der Waals surface area contributed by atoms with E-state index in [1.807, 2.05) is 13.8 Å². The topological polar surface area (TPSA) is 110 Å². The van der Waals surface area contributed by atoms with Gasteiger partial charge < -0.3 is 19.7 Å². The quantitative estimate of drug-likeness (QED) is 0.401. The van der Waals surface area contributed by atoms with Crippen LogP contribution in [0.3, 0.4) is 0 Å². The molecule has 3 fully saturated rings. The van der Waals surface area contributed by atoms with E-state index in [0.29, 0.717) is 30.3 Å². The Balaban J connectivity index is 1.38. The summed E-state index contributed by atoms with van der Waals surface area (Å²) in [5.74, 6) is -0.0362. The zero-order valence-electron chi connectivity index (χ0n) is 23.0. The molecular weight excluding hydrogens is 508 g/mol. The minimum atomic E-state index is -1.68. The van der Waals surface area contributed by atoms with Gasteiger partial charge >= 0.3 is 11.9 Å². The fourth-order valence-electron chi connectivity index (χ4n) is 9.41. The van der Waals surface area contributed by atoms with E-state index in [1.165, 1.54) is 19.1 Å². The lowest BCUT2D eigenvalue weighted by atomic mass is 9.43. The summed E-state index contributed by atoms with van der Waals surface area (Å²) in [6.07, 6.45) is 6.31. The highest BCUT2D eigenvalue weighted by atomic mass is 35.5. The van der Waals surface area contributed by atoms with Crippen molar-refractivity contribution in [1.29, 1.82) is 0 Å². The number of ether oxygens (including phenoxy) is 2. The summed E-state index contributed by atoms with van der Waals surface area (Å²) < 4.78 is 11.0. The van der Waals surface area contributed by atoms with Gasteiger partial charge in [-0.25, -0.2) is 4.79 Å². The third-order valence-corrected chi connectivity index (χ3v) is 12.1. The summed E-state index contributed by atoms with van der Waals surface area (Å²) >= 11 is 6.86. The van der Waals surface area contributed by atoms with Crippen molar-refractivity contribution in [3.05, 3.63) is 23.3 Å². The van der Waals surface area contributed by atoms with Gasteiger partial charge in [0, 0.05) is 13.3 Å². The maximum absolute atomic E-state index is 13.3. The van der Waals surface area contributed by atoms with E-state index < -0.39 is 34.4 Å². The number of alkyl halides is 1. The highest BCUT2D eigenvalue weighted by Crippen LogP contribution is 2.69. The van der Waals surface area contributed by atoms with Gasteiger partial charge in [-0.15, -0.1) is 11.6 Å². The molecule has 0 saturated heterocycles. The zero-order chi connectivity index (χ0) is 27.8. The van der Waals surface area contributed by atoms with E-state index in [4.69, 9.17) is 21.1 Å². The van der Waals surface area contributed by atoms with Gasteiger partial charge in [0.25, 0.3) is 0 Å². The lowest BCUT2D eigenvalue weighted by Gasteiger charge is -2.64. The molecule has 0 bridgehead atoms. The molecule has 210 valence electrons. The molecule has 0 radical (unpaired) electrons. The van der Waals surface area contributed by atoms with E-state index in [1.54, 1.807) is 0 Å². The molecule has 38 heavy (non-hydrogen) atoms. The Morgan fingerprint density at radius 3 is 2.61 bits per heavy atom. The van der Waals surface area contributed by atoms with Crippen LogP contribution in [0.4, 0.5) is 0 Å². The summed E-state index contributed by atoms with van der Waals surface area (Å²) in [4.78, 5) is 37.4. The first-order chi connectivity index (χ1) is 17.8. The highest BCUT2D eigenvalue weighted by molar-refractivity contribution is 6.22. The van der Waals surface area contributed by atoms with Crippen LogP contribution in [0.2, 0.25) is 0 Å². The number of esters is 2. The largest absolute Gasteiger partial charge is 0.461 e. The molecule has 0 unspecified atom stereocenters. The van der Waals surface area contributed by atoms with Crippen molar-refractivity contribution in [3.63, 3.8) is 0 Å². The summed E-state index contributed by atoms with van der Waals surface area (Å²) in [5, 5.41) is 21.8. The smallest absolute Gasteiger partial charge is 0.337 e. The number of hydrogen-bond acceptors (Lipinski definition) is 7. The first-order valence-corrected chi connectivity index (χ1v) is 14.5. The van der Waals surface area contributed by atoms with Crippen LogP contribution in [0, 0.1) is 40.4 Å². The second kappa shape index (κ2) is 9.45. The average molecular weight is 549 g/mol. The first kappa shape index (κ1) is 27.9. The van der Waals surface area contributed by atoms with Crippen LogP contribution in [0.1, 0.15) is 73.1 Å². The van der Waals surface area contributed by atoms with Crippen LogP contribution >= 0.6 is 11.6 Å². The number of hydrogen-bond donors (Lipinski definition) is 2. The molecule has 0 spiro atoms. The van der Waals surface area contributed by atoms with Crippen LogP contribution in [0.15, 0.2) is 23.3 Å². The molecule has 2 N–H and O–H groups in total. The monoisotopic (exact) mass is 548 g/mol. The fourth-order valence-corrected chi connectivity index (χ4v) is 9.97. The van der Waals surface area contributed by atoms with E-state index in [0.717, 1.165) is 31.3 Å². The summed E-state index contributed by atoms with van der Waals surface area (Å²) in [6.45, 7) is 9.53. The van der Waals surface area contributed by atoms with Crippen molar-refractivity contribution in [2.45, 2.75) is 96.3 Å². The Hall–Kier alpha value is -1.70. The van der Waals surface area contributed by atoms with Gasteiger partial charge in [-0.2, -0.15) is 0 Å². The molecule has 8 heteroatoms. The molecule has 7 nitrogen and oxygen atoms in total. The lowest BCUT2D eigenvalue weighted by Crippen LogP contribution is -2.72. The predicted molar refractivity (Wildman–Crippen MR) is 141 cm³/mol. The number of carbonyl (C=O) groups excluding carboxylic acids is 3. The van der Waals surface area contributed by atoms with Gasteiger partial charge in [0.1, 0.15) is 24.4 Å². The summed E-state index contributed by atoms with van der Waals surface area (Å²) in [6, 6.07) is 0. The number of aliphatic hydroxyl groups excluding tert-OH is 1. The van der Waals surface area contributed by atoms with E-state index in [9.17, 15) is 24.6 Å². The second-order valence-electron chi connectivity index (χ2n) is 13.1. The number of allylic oxidation sites excluding steroid dienone is 1. The van der Waals surface area contributed by atoms with E-state index >= 15 is 0 Å². The maximum Gasteiger partial charge on any atom is 0.337 e. The molecule has 3 saturated carbocycles. The van der Waals surface area contributed by atoms with Crippen molar-refractivity contribution in [1.82, 2.24) is 0 Å². The standard InChI is InChI=1S/C30H41ClO7/c1-15-12-23(38-27(35)19(15)14-37-17(3)32)16(2)20-6-7-21-18-13-24(31)30(36)26(34)9-8-25(33)29(30,5)22(18)10-11-28(20,21)4/h8-9,16,18,20-24,26,34,36H,6-7,10-14H2,1-5H3/t16-,18-,20+,21-,22-,23+,24-,26-,28+,29-,30-/m0/s1. The van der Waals surface area contributed by atoms with Crippen LogP contribution in [0.25, 0.3) is 0 Å². The Labute approximate surface area is 230 Å². The molecule has 1 aliphatic heterocycles. The minimum Gasteiger partial charge on any atom is -0.461 e. The van der Waals surface area contributed by atoms with Crippen molar-refractivity contribution in [2.75, 3.05) is 6.61 Å². The molecule has 0 aromatic heterocycles. The van der Waals surface area contributed by atoms with Crippen molar-refractivity contribution in [2.24, 2.45) is 40.4 Å². The van der Waals surface area contributed by atoms with Crippen LogP contribution in [-0.2, 0) is 23.9 Å². The van der Waals surface area contributed by atoms with Gasteiger partial charge in [0.2, 0.25) is 0 Å². The number of aliphatic hydroxyl groups is 2. The van der Waals surface area contributed by atoms with Crippen LogP contribution < -0.4 is 0 Å². The second-order valence-corrected chi connectivity index (χ2v) is 13.6. The Bertz CT molecular complexity index is 1100. The number of rotatable bonds is 4. The summed E-state index contributed by atoms with van der Waals surface area (Å²) in [7, 11) is 0. The third-order valence-electron chi connectivity index (χ3n) is 11.6. The molecule has 11 atom stereocenters. The van der Waals surface area contributed by atoms with Crippen molar-refractivity contribution >= 4 is 29.3 Å². The number of ketones is 1. The van der Waals surface area contributed by atoms with Gasteiger partial charge in [0.05, 0.1) is 16.4 Å². The van der Waals surface area contributed by atoms with Crippen molar-refractivity contribution in [3.8, 4) is 0 Å². The Morgan fingerprint density at radius 2 is 1.95 bits per heavy atom. The number of halogens is 1. The molecule has 0 aromatic carbocycles. The zero-order valence-corrected chi connectivity index (χ0v) is 23.8. The average Bonchev–Trinajstić information content (AvgIpc) is 3.20. The Kier molecular flexibility index (Phi) is 6.92. The van der Waals surface area contributed by atoms with Crippen LogP contribution in [0.5, 0.6) is 0 Å². The SMILES string of the molecule is CC(=O)OCC1=C(C)C[C@H]([C@@H](C)[C@H]2CC[C@H]3[C@@H]4C[C@H](Cl)[C@]5(O)[C@@H](O)C=CC(=O)[C@]5(C)[C@H]4CC[C@]23C)OC1=O. The van der Waals surface area contributed by atoms with Crippen molar-refractivity contribution < 1.29 is 34.1 Å². The lowest BCUT2D eigenvalue weighted by molar-refractivity contribution is -0.215. The third kappa shape index (κ3) is 3.78. The summed E-state index contributed by atoms with van der Waals surface area (Å²) in [5.41, 5.74) is -1.46. The molecule has 4 aliphatic carbocycles. The van der Waals surface area contributed by atoms with Gasteiger partial charge in [-0.1, -0.05) is 19.4 Å². The number of fused-ring (bicyclic) bond motifs is 5. The first-order valence-electron chi connectivity index (χ1n) is 14.1. The number of cyclic esters (lactones) is 1. The molecule has 5 aliphatic rings. The van der Waals surface area contributed by atoms with Gasteiger partial charge in [-0.3, -0.25) is 9.59 Å².